The van der Waals surface area contributed by atoms with Gasteiger partial charge in [-0.05, 0) is 50.1 Å². The van der Waals surface area contributed by atoms with Crippen molar-refractivity contribution in [3.63, 3.8) is 0 Å². The first-order chi connectivity index (χ1) is 8.38. The summed E-state index contributed by atoms with van der Waals surface area (Å²) in [6.45, 7) is 0. The van der Waals surface area contributed by atoms with Gasteiger partial charge < -0.3 is 0 Å². The Morgan fingerprint density at radius 2 is 2.00 bits per heavy atom. The second kappa shape index (κ2) is 5.41. The SMILES string of the molecule is O=S(=O)(Nc1ccc(Cl)nn1)c1cc(Br)sc1Br. The molecule has 0 amide bonds. The largest absolute Gasteiger partial charge is 0.265 e. The first kappa shape index (κ1) is 14.2. The molecule has 2 heterocycles. The van der Waals surface area contributed by atoms with E-state index in [1.54, 1.807) is 0 Å². The Balaban J connectivity index is 2.33. The van der Waals surface area contributed by atoms with Gasteiger partial charge in [-0.15, -0.1) is 21.5 Å². The monoisotopic (exact) mass is 431 g/mol. The number of hydrogen-bond donors (Lipinski definition) is 1. The molecule has 0 radical (unpaired) electrons. The first-order valence-electron chi connectivity index (χ1n) is 4.35. The minimum absolute atomic E-state index is 0.105. The van der Waals surface area contributed by atoms with Gasteiger partial charge in [0.1, 0.15) is 4.90 Å². The highest BCUT2D eigenvalue weighted by atomic mass is 79.9. The fraction of sp³-hybridized carbons (Fsp3) is 0. The van der Waals surface area contributed by atoms with E-state index in [9.17, 15) is 8.42 Å². The number of halogens is 3. The Bertz CT molecular complexity index is 672. The molecule has 0 aliphatic carbocycles. The van der Waals surface area contributed by atoms with Crippen molar-refractivity contribution in [2.75, 3.05) is 4.72 Å². The molecular weight excluding hydrogens is 430 g/mol. The molecule has 0 aromatic carbocycles. The molecule has 0 saturated heterocycles. The van der Waals surface area contributed by atoms with Gasteiger partial charge >= 0.3 is 0 Å². The van der Waals surface area contributed by atoms with Gasteiger partial charge in [0.15, 0.2) is 11.0 Å². The van der Waals surface area contributed by atoms with E-state index in [1.807, 2.05) is 0 Å². The lowest BCUT2D eigenvalue weighted by atomic mass is 10.5. The third kappa shape index (κ3) is 3.21. The van der Waals surface area contributed by atoms with Crippen LogP contribution in [0.2, 0.25) is 5.15 Å². The Kier molecular flexibility index (Phi) is 4.27. The maximum atomic E-state index is 12.1. The second-order valence-electron chi connectivity index (χ2n) is 3.04. The summed E-state index contributed by atoms with van der Waals surface area (Å²) in [7, 11) is -3.70. The van der Waals surface area contributed by atoms with E-state index in [4.69, 9.17) is 11.6 Å². The van der Waals surface area contributed by atoms with Crippen LogP contribution in [0.1, 0.15) is 0 Å². The summed E-state index contributed by atoms with van der Waals surface area (Å²) in [5.41, 5.74) is 0. The molecular formula is C8H4Br2ClN3O2S2. The fourth-order valence-corrected chi connectivity index (χ4v) is 5.98. The Hall–Kier alpha value is -0.220. The highest BCUT2D eigenvalue weighted by Crippen LogP contribution is 2.35. The van der Waals surface area contributed by atoms with Crippen LogP contribution < -0.4 is 4.72 Å². The molecule has 96 valence electrons. The van der Waals surface area contributed by atoms with E-state index < -0.39 is 10.0 Å². The van der Waals surface area contributed by atoms with Gasteiger partial charge in [-0.1, -0.05) is 11.6 Å². The smallest absolute Gasteiger partial charge is 0.262 e. The van der Waals surface area contributed by atoms with Crippen LogP contribution in [0.3, 0.4) is 0 Å². The van der Waals surface area contributed by atoms with Crippen molar-refractivity contribution in [1.82, 2.24) is 10.2 Å². The normalized spacial score (nSPS) is 11.5. The number of nitrogens with one attached hydrogen (secondary N) is 1. The zero-order valence-electron chi connectivity index (χ0n) is 8.39. The van der Waals surface area contributed by atoms with Gasteiger partial charge in [0, 0.05) is 0 Å². The molecule has 0 aliphatic rings. The van der Waals surface area contributed by atoms with Gasteiger partial charge in [0.05, 0.1) is 7.57 Å². The maximum absolute atomic E-state index is 12.1. The molecule has 0 unspecified atom stereocenters. The van der Waals surface area contributed by atoms with Crippen LogP contribution in [0.4, 0.5) is 5.82 Å². The van der Waals surface area contributed by atoms with E-state index in [-0.39, 0.29) is 15.9 Å². The van der Waals surface area contributed by atoms with Crippen LogP contribution >= 0.6 is 54.8 Å². The van der Waals surface area contributed by atoms with E-state index in [0.29, 0.717) is 7.57 Å². The standard InChI is InChI=1S/C8H4Br2ClN3O2S2/c9-5-3-4(8(10)17-5)18(15,16)14-7-2-1-6(11)12-13-7/h1-3H,(H,13,14). The van der Waals surface area contributed by atoms with Crippen molar-refractivity contribution in [3.8, 4) is 0 Å². The average molecular weight is 434 g/mol. The average Bonchev–Trinajstić information content (AvgIpc) is 2.62. The maximum Gasteiger partial charge on any atom is 0.265 e. The summed E-state index contributed by atoms with van der Waals surface area (Å²) < 4.78 is 27.7. The Labute approximate surface area is 129 Å². The summed E-state index contributed by atoms with van der Waals surface area (Å²) >= 11 is 13.2. The molecule has 0 fully saturated rings. The van der Waals surface area contributed by atoms with Gasteiger partial charge in [0.25, 0.3) is 10.0 Å². The molecule has 5 nitrogen and oxygen atoms in total. The molecule has 0 atom stereocenters. The molecule has 0 saturated carbocycles. The topological polar surface area (TPSA) is 72.0 Å². The minimum atomic E-state index is -3.70. The van der Waals surface area contributed by atoms with Crippen molar-refractivity contribution in [2.45, 2.75) is 4.90 Å². The molecule has 2 aromatic heterocycles. The molecule has 0 bridgehead atoms. The Morgan fingerprint density at radius 3 is 2.50 bits per heavy atom. The number of sulfonamides is 1. The summed E-state index contributed by atoms with van der Waals surface area (Å²) in [6.07, 6.45) is 0. The predicted molar refractivity (Wildman–Crippen MR) is 77.6 cm³/mol. The van der Waals surface area contributed by atoms with Crippen LogP contribution in [-0.2, 0) is 10.0 Å². The van der Waals surface area contributed by atoms with Gasteiger partial charge in [0.2, 0.25) is 0 Å². The van der Waals surface area contributed by atoms with Crippen molar-refractivity contribution in [3.05, 3.63) is 30.9 Å². The Morgan fingerprint density at radius 1 is 1.28 bits per heavy atom. The van der Waals surface area contributed by atoms with Crippen molar-refractivity contribution < 1.29 is 8.42 Å². The zero-order chi connectivity index (χ0) is 13.3. The third-order valence-electron chi connectivity index (χ3n) is 1.79. The summed E-state index contributed by atoms with van der Waals surface area (Å²) in [5, 5.41) is 7.38. The lowest BCUT2D eigenvalue weighted by Crippen LogP contribution is -2.13. The molecule has 2 aromatic rings. The van der Waals surface area contributed by atoms with Crippen molar-refractivity contribution in [2.24, 2.45) is 0 Å². The molecule has 10 heteroatoms. The van der Waals surface area contributed by atoms with Gasteiger partial charge in [-0.3, -0.25) is 4.72 Å². The van der Waals surface area contributed by atoms with E-state index >= 15 is 0 Å². The van der Waals surface area contributed by atoms with Gasteiger partial charge in [-0.2, -0.15) is 0 Å². The minimum Gasteiger partial charge on any atom is -0.262 e. The van der Waals surface area contributed by atoms with E-state index in [1.165, 1.54) is 29.5 Å². The number of thiophene rings is 1. The van der Waals surface area contributed by atoms with Crippen LogP contribution in [0, 0.1) is 0 Å². The highest BCUT2D eigenvalue weighted by Gasteiger charge is 2.21. The van der Waals surface area contributed by atoms with Crippen molar-refractivity contribution in [1.29, 1.82) is 0 Å². The zero-order valence-corrected chi connectivity index (χ0v) is 14.0. The molecule has 2 rings (SSSR count). The lowest BCUT2D eigenvalue weighted by Gasteiger charge is -2.05. The van der Waals surface area contributed by atoms with Gasteiger partial charge in [-0.25, -0.2) is 8.42 Å². The first-order valence-corrected chi connectivity index (χ1v) is 8.62. The molecule has 0 aliphatic heterocycles. The van der Waals surface area contributed by atoms with E-state index in [2.05, 4.69) is 46.8 Å². The van der Waals surface area contributed by atoms with Crippen molar-refractivity contribution >= 4 is 70.6 Å². The number of anilines is 1. The lowest BCUT2D eigenvalue weighted by molar-refractivity contribution is 0.601. The second-order valence-corrected chi connectivity index (χ2v) is 8.82. The third-order valence-corrected chi connectivity index (χ3v) is 6.10. The summed E-state index contributed by atoms with van der Waals surface area (Å²) in [4.78, 5) is 0.135. The molecule has 0 spiro atoms. The number of rotatable bonds is 3. The predicted octanol–water partition coefficient (Wildman–Crippen LogP) is 3.52. The number of aromatic nitrogens is 2. The van der Waals surface area contributed by atoms with E-state index in [0.717, 1.165) is 0 Å². The summed E-state index contributed by atoms with van der Waals surface area (Å²) in [5.74, 6) is 0.105. The van der Waals surface area contributed by atoms with Crippen LogP contribution in [0.15, 0.2) is 30.7 Å². The molecule has 1 N–H and O–H groups in total. The summed E-state index contributed by atoms with van der Waals surface area (Å²) in [6, 6.07) is 4.38. The van der Waals surface area contributed by atoms with Crippen LogP contribution in [0.25, 0.3) is 0 Å². The van der Waals surface area contributed by atoms with Crippen LogP contribution in [-0.4, -0.2) is 18.6 Å². The highest BCUT2D eigenvalue weighted by molar-refractivity contribution is 9.12. The number of nitrogens with zero attached hydrogens (tertiary/aromatic N) is 2. The fourth-order valence-electron chi connectivity index (χ4n) is 1.07. The quantitative estimate of drug-likeness (QED) is 0.804. The molecule has 18 heavy (non-hydrogen) atoms. The number of hydrogen-bond acceptors (Lipinski definition) is 5. The van der Waals surface area contributed by atoms with Crippen LogP contribution in [0.5, 0.6) is 0 Å².